The maximum absolute atomic E-state index is 15.1. The van der Waals surface area contributed by atoms with Crippen molar-refractivity contribution >= 4 is 54.0 Å². The van der Waals surface area contributed by atoms with E-state index in [2.05, 4.69) is 20.6 Å². The number of carbonyl (C=O) groups excluding carboxylic acids is 2. The van der Waals surface area contributed by atoms with Crippen LogP contribution in [0.3, 0.4) is 0 Å². The fourth-order valence-electron chi connectivity index (χ4n) is 3.92. The van der Waals surface area contributed by atoms with Gasteiger partial charge in [0.2, 0.25) is 11.8 Å². The average Bonchev–Trinajstić information content (AvgIpc) is 3.53. The van der Waals surface area contributed by atoms with E-state index in [1.807, 2.05) is 0 Å². The van der Waals surface area contributed by atoms with Crippen molar-refractivity contribution in [2.75, 3.05) is 12.8 Å². The van der Waals surface area contributed by atoms with E-state index in [0.717, 1.165) is 30.4 Å². The lowest BCUT2D eigenvalue weighted by molar-refractivity contribution is -0.126. The molecule has 0 bridgehead atoms. The van der Waals surface area contributed by atoms with Crippen LogP contribution in [0.2, 0.25) is 0 Å². The highest BCUT2D eigenvalue weighted by atomic mass is 32.2. The van der Waals surface area contributed by atoms with Crippen LogP contribution in [0.1, 0.15) is 23.1 Å². The van der Waals surface area contributed by atoms with Gasteiger partial charge in [-0.25, -0.2) is 17.8 Å². The summed E-state index contributed by atoms with van der Waals surface area (Å²) in [5, 5.41) is 4.53. The Balaban J connectivity index is 1.47. The van der Waals surface area contributed by atoms with Gasteiger partial charge in [-0.2, -0.15) is 0 Å². The number of sulfone groups is 1. The third-order valence-corrected chi connectivity index (χ3v) is 8.36. The van der Waals surface area contributed by atoms with Crippen LogP contribution in [-0.4, -0.2) is 49.0 Å². The molecule has 1 aliphatic carbocycles. The summed E-state index contributed by atoms with van der Waals surface area (Å²) in [5.41, 5.74) is 0.733. The lowest BCUT2D eigenvalue weighted by Crippen LogP contribution is -2.41. The van der Waals surface area contributed by atoms with Crippen LogP contribution in [0.5, 0.6) is 0 Å². The summed E-state index contributed by atoms with van der Waals surface area (Å²) >= 11 is 0.966. The number of aromatic nitrogens is 2. The molecular formula is C24H21FN4O5S2. The first-order chi connectivity index (χ1) is 17.1. The minimum atomic E-state index is -3.95. The molecule has 9 nitrogen and oxygen atoms in total. The number of pyridine rings is 1. The van der Waals surface area contributed by atoms with Crippen LogP contribution in [0, 0.1) is 5.82 Å². The summed E-state index contributed by atoms with van der Waals surface area (Å²) in [4.78, 5) is 43.5. The fourth-order valence-corrected chi connectivity index (χ4v) is 6.44. The molecule has 1 fully saturated rings. The van der Waals surface area contributed by atoms with E-state index in [-0.39, 0.29) is 34.2 Å². The first-order valence-corrected chi connectivity index (χ1v) is 13.8. The second kappa shape index (κ2) is 9.10. The Morgan fingerprint density at radius 1 is 1.22 bits per heavy atom. The highest BCUT2D eigenvalue weighted by Crippen LogP contribution is 2.35. The molecule has 3 N–H and O–H groups in total. The predicted molar refractivity (Wildman–Crippen MR) is 135 cm³/mol. The molecular weight excluding hydrogens is 507 g/mol. The van der Waals surface area contributed by atoms with Crippen molar-refractivity contribution in [2.45, 2.75) is 24.1 Å². The van der Waals surface area contributed by atoms with E-state index >= 15 is 4.39 Å². The summed E-state index contributed by atoms with van der Waals surface area (Å²) in [5.74, 6) is -1.85. The van der Waals surface area contributed by atoms with E-state index in [9.17, 15) is 22.8 Å². The van der Waals surface area contributed by atoms with E-state index in [1.54, 1.807) is 30.3 Å². The number of rotatable bonds is 7. The minimum absolute atomic E-state index is 0.0193. The zero-order chi connectivity index (χ0) is 25.6. The maximum Gasteiger partial charge on any atom is 0.255 e. The SMILES string of the molecule is CS(=O)(=O)C(C(=O)NCC(=O)NC1CC1)c1nc2cc(F)c(-c3ccc4c(=O)[nH]ccc4c3)cc2s1. The number of nitrogens with zero attached hydrogens (tertiary/aromatic N) is 1. The zero-order valence-corrected chi connectivity index (χ0v) is 20.6. The molecule has 2 aromatic heterocycles. The monoisotopic (exact) mass is 528 g/mol. The Labute approximate surface area is 208 Å². The maximum atomic E-state index is 15.1. The van der Waals surface area contributed by atoms with Gasteiger partial charge in [0.1, 0.15) is 10.8 Å². The molecule has 1 saturated carbocycles. The number of aromatic amines is 1. The van der Waals surface area contributed by atoms with Gasteiger partial charge in [0.25, 0.3) is 5.56 Å². The van der Waals surface area contributed by atoms with Gasteiger partial charge in [0, 0.05) is 35.5 Å². The molecule has 2 amide bonds. The van der Waals surface area contributed by atoms with E-state index in [0.29, 0.717) is 21.0 Å². The smallest absolute Gasteiger partial charge is 0.255 e. The molecule has 0 spiro atoms. The van der Waals surface area contributed by atoms with Crippen molar-refractivity contribution in [3.8, 4) is 11.1 Å². The van der Waals surface area contributed by atoms with Crippen molar-refractivity contribution in [1.29, 1.82) is 0 Å². The molecule has 0 saturated heterocycles. The van der Waals surface area contributed by atoms with Crippen LogP contribution in [0.4, 0.5) is 4.39 Å². The number of amides is 2. The Bertz CT molecular complexity index is 1690. The van der Waals surface area contributed by atoms with Gasteiger partial charge in [-0.05, 0) is 48.1 Å². The van der Waals surface area contributed by atoms with Gasteiger partial charge in [-0.3, -0.25) is 14.4 Å². The molecule has 2 aromatic carbocycles. The van der Waals surface area contributed by atoms with Crippen LogP contribution < -0.4 is 16.2 Å². The number of benzene rings is 2. The number of carbonyl (C=O) groups is 2. The molecule has 2 heterocycles. The number of hydrogen-bond acceptors (Lipinski definition) is 7. The first-order valence-electron chi connectivity index (χ1n) is 11.1. The lowest BCUT2D eigenvalue weighted by Gasteiger charge is -2.12. The molecule has 0 radical (unpaired) electrons. The largest absolute Gasteiger partial charge is 0.352 e. The summed E-state index contributed by atoms with van der Waals surface area (Å²) in [7, 11) is -3.95. The van der Waals surface area contributed by atoms with Crippen molar-refractivity contribution in [3.05, 3.63) is 63.8 Å². The van der Waals surface area contributed by atoms with E-state index in [1.165, 1.54) is 12.3 Å². The van der Waals surface area contributed by atoms with Gasteiger partial charge >= 0.3 is 0 Å². The molecule has 5 rings (SSSR count). The number of thiazole rings is 1. The molecule has 1 aliphatic rings. The first kappa shape index (κ1) is 24.1. The van der Waals surface area contributed by atoms with Crippen molar-refractivity contribution in [2.24, 2.45) is 0 Å². The van der Waals surface area contributed by atoms with Gasteiger partial charge < -0.3 is 15.6 Å². The predicted octanol–water partition coefficient (Wildman–Crippen LogP) is 2.42. The molecule has 186 valence electrons. The van der Waals surface area contributed by atoms with Crippen molar-refractivity contribution < 1.29 is 22.4 Å². The number of hydrogen-bond donors (Lipinski definition) is 3. The number of nitrogens with one attached hydrogen (secondary N) is 3. The van der Waals surface area contributed by atoms with Crippen molar-refractivity contribution in [1.82, 2.24) is 20.6 Å². The summed E-state index contributed by atoms with van der Waals surface area (Å²) < 4.78 is 40.5. The van der Waals surface area contributed by atoms with Crippen LogP contribution in [0.25, 0.3) is 32.1 Å². The highest BCUT2D eigenvalue weighted by molar-refractivity contribution is 7.91. The Hall–Kier alpha value is -3.64. The number of fused-ring (bicyclic) bond motifs is 2. The standard InChI is InChI=1S/C24H21FN4O5S2/c1-36(33,34)21(23(32)27-11-20(30)28-14-3-4-14)24-29-18-10-17(25)16(9-19(18)35-24)12-2-5-15-13(8-12)6-7-26-22(15)31/h2,5-10,14,21H,3-4,11H2,1H3,(H,26,31)(H,27,32)(H,28,30). The molecule has 12 heteroatoms. The summed E-state index contributed by atoms with van der Waals surface area (Å²) in [6.45, 7) is -0.351. The zero-order valence-electron chi connectivity index (χ0n) is 19.0. The molecule has 1 atom stereocenters. The molecule has 36 heavy (non-hydrogen) atoms. The normalized spacial score (nSPS) is 14.6. The quantitative estimate of drug-likeness (QED) is 0.337. The van der Waals surface area contributed by atoms with Crippen LogP contribution >= 0.6 is 11.3 Å². The molecule has 4 aromatic rings. The van der Waals surface area contributed by atoms with E-state index in [4.69, 9.17) is 0 Å². The Morgan fingerprint density at radius 2 is 2.00 bits per heavy atom. The van der Waals surface area contributed by atoms with Gasteiger partial charge in [-0.15, -0.1) is 11.3 Å². The second-order valence-corrected chi connectivity index (χ2v) is 11.9. The highest BCUT2D eigenvalue weighted by Gasteiger charge is 2.34. The summed E-state index contributed by atoms with van der Waals surface area (Å²) in [6, 6.07) is 9.47. The summed E-state index contributed by atoms with van der Waals surface area (Å²) in [6.07, 6.45) is 4.19. The third-order valence-electron chi connectivity index (χ3n) is 5.83. The van der Waals surface area contributed by atoms with E-state index < -0.39 is 32.7 Å². The Morgan fingerprint density at radius 3 is 2.72 bits per heavy atom. The minimum Gasteiger partial charge on any atom is -0.352 e. The van der Waals surface area contributed by atoms with Gasteiger partial charge in [0.15, 0.2) is 15.1 Å². The number of halogens is 1. The second-order valence-electron chi connectivity index (χ2n) is 8.73. The van der Waals surface area contributed by atoms with Crippen LogP contribution in [0.15, 0.2) is 47.4 Å². The number of H-pyrrole nitrogens is 1. The van der Waals surface area contributed by atoms with Crippen molar-refractivity contribution in [3.63, 3.8) is 0 Å². The molecule has 0 aliphatic heterocycles. The average molecular weight is 529 g/mol. The topological polar surface area (TPSA) is 138 Å². The fraction of sp³-hybridized carbons (Fsp3) is 0.250. The van der Waals surface area contributed by atoms with Gasteiger partial charge in [-0.1, -0.05) is 6.07 Å². The van der Waals surface area contributed by atoms with Gasteiger partial charge in [0.05, 0.1) is 16.8 Å². The lowest BCUT2D eigenvalue weighted by atomic mass is 10.0. The molecule has 1 unspecified atom stereocenters. The Kier molecular flexibility index (Phi) is 6.08. The van der Waals surface area contributed by atoms with Crippen LogP contribution in [-0.2, 0) is 19.4 Å². The third kappa shape index (κ3) is 4.86.